The normalized spacial score (nSPS) is 10.1. The number of hydrogen-bond acceptors (Lipinski definition) is 6. The number of ether oxygens (including phenoxy) is 3. The maximum atomic E-state index is 11.9. The zero-order valence-electron chi connectivity index (χ0n) is 23.4. The van der Waals surface area contributed by atoms with Crippen LogP contribution >= 0.6 is 0 Å². The second kappa shape index (κ2) is 19.3. The molecular weight excluding hydrogens is 560 g/mol. The molecule has 224 valence electrons. The number of hydrogen-bond donors (Lipinski definition) is 1. The zero-order valence-corrected chi connectivity index (χ0v) is 24.5. The van der Waals surface area contributed by atoms with Crippen LogP contribution in [0.2, 0.25) is 0 Å². The summed E-state index contributed by atoms with van der Waals surface area (Å²) in [6, 6.07) is 27.3. The topological polar surface area (TPSA) is 82.1 Å². The average molecular weight is 599 g/mol. The molecule has 0 aliphatic heterocycles. The molecule has 0 fully saturated rings. The van der Waals surface area contributed by atoms with Crippen LogP contribution in [0.3, 0.4) is 0 Å². The molecule has 0 radical (unpaired) electrons. The first-order valence-corrected chi connectivity index (χ1v) is 13.9. The Labute approximate surface area is 253 Å². The third-order valence-corrected chi connectivity index (χ3v) is 6.14. The fourth-order valence-electron chi connectivity index (χ4n) is 3.90. The van der Waals surface area contributed by atoms with Crippen LogP contribution in [-0.4, -0.2) is 23.7 Å². The molecule has 0 heterocycles. The minimum atomic E-state index is -0.398. The summed E-state index contributed by atoms with van der Waals surface area (Å²) >= 11 is 0. The van der Waals surface area contributed by atoms with Gasteiger partial charge in [0.15, 0.2) is 0 Å². The van der Waals surface area contributed by atoms with Crippen molar-refractivity contribution in [2.75, 3.05) is 6.61 Å². The number of carbonyl (C=O) groups excluding carboxylic acids is 2. The molecule has 7 heteroatoms. The summed E-state index contributed by atoms with van der Waals surface area (Å²) in [5.41, 5.74) is 1.08. The summed E-state index contributed by atoms with van der Waals surface area (Å²) in [5, 5.41) is 9.03. The molecule has 6 nitrogen and oxygen atoms in total. The zero-order chi connectivity index (χ0) is 28.4. The first-order valence-electron chi connectivity index (χ1n) is 13.9. The van der Waals surface area contributed by atoms with Crippen LogP contribution in [0.4, 0.5) is 0 Å². The van der Waals surface area contributed by atoms with Crippen LogP contribution < -0.4 is 14.2 Å². The van der Waals surface area contributed by atoms with E-state index in [4.69, 9.17) is 19.3 Å². The van der Waals surface area contributed by atoms with E-state index >= 15 is 0 Å². The first-order chi connectivity index (χ1) is 19.5. The van der Waals surface area contributed by atoms with Gasteiger partial charge in [-0.25, -0.2) is 12.1 Å². The van der Waals surface area contributed by atoms with Gasteiger partial charge in [0.2, 0.25) is 0 Å². The van der Waals surface area contributed by atoms with Crippen molar-refractivity contribution >= 4 is 11.9 Å². The van der Waals surface area contributed by atoms with Gasteiger partial charge in [0.25, 0.3) is 5.97 Å². The van der Waals surface area contributed by atoms with Crippen molar-refractivity contribution in [3.8, 4) is 23.0 Å². The van der Waals surface area contributed by atoms with Gasteiger partial charge in [-0.1, -0.05) is 63.4 Å². The van der Waals surface area contributed by atoms with Crippen molar-refractivity contribution in [1.29, 1.82) is 0 Å². The molecule has 41 heavy (non-hydrogen) atoms. The van der Waals surface area contributed by atoms with E-state index in [9.17, 15) is 9.59 Å². The van der Waals surface area contributed by atoms with E-state index in [0.29, 0.717) is 22.6 Å². The Kier molecular flexibility index (Phi) is 15.7. The van der Waals surface area contributed by atoms with Crippen LogP contribution in [0.1, 0.15) is 79.0 Å². The largest absolute Gasteiger partial charge is 0.680 e. The Morgan fingerprint density at radius 1 is 0.707 bits per heavy atom. The van der Waals surface area contributed by atoms with Gasteiger partial charge < -0.3 is 53.9 Å². The van der Waals surface area contributed by atoms with E-state index in [2.05, 4.69) is 6.92 Å². The summed E-state index contributed by atoms with van der Waals surface area (Å²) in [6.07, 6.45) is 10.3. The van der Waals surface area contributed by atoms with Crippen LogP contribution in [-0.2, 0) is 17.1 Å². The van der Waals surface area contributed by atoms with Crippen molar-refractivity contribution in [3.63, 3.8) is 0 Å². The molecule has 4 aromatic carbocycles. The van der Waals surface area contributed by atoms with E-state index in [1.165, 1.54) is 69.2 Å². The maximum absolute atomic E-state index is 11.9. The molecule has 4 aromatic rings. The summed E-state index contributed by atoms with van der Waals surface area (Å²) in [7, 11) is 0. The van der Waals surface area contributed by atoms with Crippen molar-refractivity contribution in [2.45, 2.75) is 58.3 Å². The number of benzene rings is 2. The van der Waals surface area contributed by atoms with Crippen LogP contribution in [0.25, 0.3) is 0 Å². The van der Waals surface area contributed by atoms with E-state index < -0.39 is 5.97 Å². The molecule has 0 aliphatic carbocycles. The standard InChI is InChI=1S/C22H29O3.C12H9O3.Fe/c1-2-3-4-5-6-7-8-11-18-24-20-14-16-21(17-15-20)25-22(23)19-12-9-10-13-19;13-10-5-7-11(8-6-10)15-12(14)9-3-1-2-4-9;/h9-10,12-17H,2-8,11,18H2,1H3;1-8,13H;/q-1;-5;. The Bertz CT molecular complexity index is 1230. The summed E-state index contributed by atoms with van der Waals surface area (Å²) < 4.78 is 16.1. The molecular formula is C34H38FeO6-6. The van der Waals surface area contributed by atoms with Gasteiger partial charge in [0.1, 0.15) is 17.2 Å². The second-order valence-electron chi connectivity index (χ2n) is 9.41. The quantitative estimate of drug-likeness (QED) is 0.0516. The Hall–Kier alpha value is -3.80. The number of aromatic hydroxyl groups is 1. The van der Waals surface area contributed by atoms with Crippen molar-refractivity contribution in [3.05, 3.63) is 108 Å². The third-order valence-electron chi connectivity index (χ3n) is 6.14. The molecule has 4 rings (SSSR count). The van der Waals surface area contributed by atoms with Crippen LogP contribution in [0.15, 0.2) is 97.1 Å². The van der Waals surface area contributed by atoms with Crippen molar-refractivity contribution in [1.82, 2.24) is 0 Å². The smallest absolute Gasteiger partial charge is 0.286 e. The van der Waals surface area contributed by atoms with Crippen molar-refractivity contribution in [2.24, 2.45) is 0 Å². The number of unbranched alkanes of at least 4 members (excludes halogenated alkanes) is 7. The first kappa shape index (κ1) is 33.4. The minimum Gasteiger partial charge on any atom is -0.680 e. The number of esters is 2. The molecule has 0 unspecified atom stereocenters. The maximum Gasteiger partial charge on any atom is 0.286 e. The summed E-state index contributed by atoms with van der Waals surface area (Å²) in [5.74, 6) is 1.17. The van der Waals surface area contributed by atoms with Gasteiger partial charge in [-0.15, -0.1) is 0 Å². The fourth-order valence-corrected chi connectivity index (χ4v) is 3.90. The molecule has 0 aromatic heterocycles. The van der Waals surface area contributed by atoms with Gasteiger partial charge in [0.05, 0.1) is 12.4 Å². The second-order valence-corrected chi connectivity index (χ2v) is 9.41. The number of phenolic OH excluding ortho intramolecular Hbond substituents is 1. The summed E-state index contributed by atoms with van der Waals surface area (Å²) in [4.78, 5) is 23.3. The Morgan fingerprint density at radius 3 is 1.78 bits per heavy atom. The molecule has 0 atom stereocenters. The van der Waals surface area contributed by atoms with Gasteiger partial charge in [0, 0.05) is 17.1 Å². The molecule has 0 saturated heterocycles. The average Bonchev–Trinajstić information content (AvgIpc) is 3.70. The predicted molar refractivity (Wildman–Crippen MR) is 157 cm³/mol. The number of rotatable bonds is 14. The molecule has 0 bridgehead atoms. The number of carbonyl (C=O) groups is 2. The predicted octanol–water partition coefficient (Wildman–Crippen LogP) is 8.47. The molecule has 0 amide bonds. The third kappa shape index (κ3) is 12.9. The van der Waals surface area contributed by atoms with E-state index in [-0.39, 0.29) is 28.8 Å². The monoisotopic (exact) mass is 598 g/mol. The van der Waals surface area contributed by atoms with Gasteiger partial charge >= 0.3 is 0 Å². The molecule has 0 aliphatic rings. The Morgan fingerprint density at radius 2 is 1.20 bits per heavy atom. The number of phenols is 1. The molecule has 1 N–H and O–H groups in total. The minimum absolute atomic E-state index is 0. The molecule has 0 spiro atoms. The van der Waals surface area contributed by atoms with Gasteiger partial charge in [-0.2, -0.15) is 12.1 Å². The van der Waals surface area contributed by atoms with E-state index in [1.807, 2.05) is 24.3 Å². The van der Waals surface area contributed by atoms with E-state index in [0.717, 1.165) is 18.8 Å². The van der Waals surface area contributed by atoms with E-state index in [1.54, 1.807) is 48.5 Å². The van der Waals surface area contributed by atoms with Crippen LogP contribution in [0.5, 0.6) is 23.0 Å². The Balaban J connectivity index is 0.000000314. The van der Waals surface area contributed by atoms with Crippen LogP contribution in [0, 0.1) is 0 Å². The molecule has 0 saturated carbocycles. The SMILES string of the molecule is CCCCCCCCCCOc1ccc(OC(=O)[c-]2cccc2)cc1.O=C(Oc1ccc(O)cc1)[c-]1[cH-][cH-][cH-][cH-]1.[Fe]. The van der Waals surface area contributed by atoms with Gasteiger partial charge in [-0.3, -0.25) is 4.79 Å². The summed E-state index contributed by atoms with van der Waals surface area (Å²) in [6.45, 7) is 2.98. The fraction of sp³-hybridized carbons (Fsp3) is 0.294. The van der Waals surface area contributed by atoms with Crippen molar-refractivity contribution < 1.29 is 46.0 Å². The van der Waals surface area contributed by atoms with Gasteiger partial charge in [-0.05, 0) is 55.0 Å².